The summed E-state index contributed by atoms with van der Waals surface area (Å²) >= 11 is 6.09. The van der Waals surface area contributed by atoms with Crippen molar-refractivity contribution in [3.05, 3.63) is 23.0 Å². The van der Waals surface area contributed by atoms with Gasteiger partial charge in [0.15, 0.2) is 5.96 Å². The molecule has 1 aromatic heterocycles. The van der Waals surface area contributed by atoms with Crippen LogP contribution in [0.4, 0.5) is 0 Å². The molecule has 7 heteroatoms. The monoisotopic (exact) mass is 482 g/mol. The third-order valence-corrected chi connectivity index (χ3v) is 5.19. The zero-order valence-electron chi connectivity index (χ0n) is 15.8. The van der Waals surface area contributed by atoms with Crippen molar-refractivity contribution in [2.24, 2.45) is 17.5 Å². The summed E-state index contributed by atoms with van der Waals surface area (Å²) in [6.45, 7) is 5.44. The number of hydrogen-bond donors (Lipinski definition) is 1. The van der Waals surface area contributed by atoms with E-state index >= 15 is 0 Å². The van der Waals surface area contributed by atoms with Gasteiger partial charge in [0.05, 0.1) is 11.6 Å². The lowest BCUT2D eigenvalue weighted by Gasteiger charge is -2.41. The van der Waals surface area contributed by atoms with E-state index in [1.54, 1.807) is 7.11 Å². The molecular formula is C18H32ClIN4O. The first-order valence-corrected chi connectivity index (χ1v) is 9.16. The average Bonchev–Trinajstić information content (AvgIpc) is 2.82. The van der Waals surface area contributed by atoms with Gasteiger partial charge in [-0.2, -0.15) is 0 Å². The molecule has 1 saturated carbocycles. The molecule has 0 unspecified atom stereocenters. The fourth-order valence-corrected chi connectivity index (χ4v) is 3.51. The zero-order chi connectivity index (χ0) is 17.6. The number of nitrogens with one attached hydrogen (secondary N) is 1. The molecule has 0 saturated heterocycles. The Balaban J connectivity index is 0.00000312. The molecule has 1 aliphatic carbocycles. The molecular weight excluding hydrogens is 451 g/mol. The Morgan fingerprint density at radius 2 is 2.20 bits per heavy atom. The minimum Gasteiger partial charge on any atom is -0.385 e. The van der Waals surface area contributed by atoms with Gasteiger partial charge in [-0.15, -0.1) is 24.0 Å². The minimum atomic E-state index is 0. The smallest absolute Gasteiger partial charge is 0.194 e. The van der Waals surface area contributed by atoms with Crippen LogP contribution in [-0.4, -0.2) is 49.3 Å². The molecule has 1 N–H and O–H groups in total. The third kappa shape index (κ3) is 6.32. The number of ether oxygens (including phenoxy) is 1. The van der Waals surface area contributed by atoms with Crippen molar-refractivity contribution >= 4 is 41.5 Å². The first kappa shape index (κ1) is 22.6. The molecule has 1 aromatic rings. The van der Waals surface area contributed by atoms with E-state index in [0.717, 1.165) is 43.6 Å². The molecule has 5 nitrogen and oxygen atoms in total. The van der Waals surface area contributed by atoms with Gasteiger partial charge in [0.2, 0.25) is 0 Å². The molecule has 2 rings (SSSR count). The van der Waals surface area contributed by atoms with E-state index in [2.05, 4.69) is 28.8 Å². The van der Waals surface area contributed by atoms with Gasteiger partial charge >= 0.3 is 0 Å². The van der Waals surface area contributed by atoms with Crippen molar-refractivity contribution < 1.29 is 4.74 Å². The Labute approximate surface area is 174 Å². The van der Waals surface area contributed by atoms with Crippen molar-refractivity contribution in [3.63, 3.8) is 0 Å². The first-order chi connectivity index (χ1) is 11.5. The quantitative estimate of drug-likeness (QED) is 0.347. The van der Waals surface area contributed by atoms with Crippen molar-refractivity contribution in [1.29, 1.82) is 0 Å². The van der Waals surface area contributed by atoms with Gasteiger partial charge in [-0.1, -0.05) is 18.0 Å². The highest BCUT2D eigenvalue weighted by molar-refractivity contribution is 14.0. The first-order valence-electron chi connectivity index (χ1n) is 8.79. The van der Waals surface area contributed by atoms with E-state index in [-0.39, 0.29) is 24.0 Å². The Morgan fingerprint density at radius 3 is 2.68 bits per heavy atom. The van der Waals surface area contributed by atoms with Gasteiger partial charge in [0.1, 0.15) is 0 Å². The summed E-state index contributed by atoms with van der Waals surface area (Å²) in [5.41, 5.74) is 1.51. The van der Waals surface area contributed by atoms with Crippen LogP contribution < -0.4 is 5.32 Å². The summed E-state index contributed by atoms with van der Waals surface area (Å²) in [7, 11) is 5.87. The van der Waals surface area contributed by atoms with E-state index < -0.39 is 0 Å². The van der Waals surface area contributed by atoms with Gasteiger partial charge in [-0.3, -0.25) is 4.99 Å². The number of guanidine groups is 1. The highest BCUT2D eigenvalue weighted by Crippen LogP contribution is 2.44. The van der Waals surface area contributed by atoms with E-state index in [4.69, 9.17) is 21.3 Å². The Bertz CT molecular complexity index is 557. The zero-order valence-corrected chi connectivity index (χ0v) is 18.9. The van der Waals surface area contributed by atoms with Crippen LogP contribution in [0.15, 0.2) is 17.3 Å². The third-order valence-electron chi connectivity index (χ3n) is 4.99. The fourth-order valence-electron chi connectivity index (χ4n) is 3.24. The van der Waals surface area contributed by atoms with Crippen molar-refractivity contribution in [2.75, 3.05) is 33.9 Å². The number of halogens is 2. The topological polar surface area (TPSA) is 41.8 Å². The van der Waals surface area contributed by atoms with Gasteiger partial charge in [-0.05, 0) is 37.7 Å². The van der Waals surface area contributed by atoms with Crippen LogP contribution in [0.3, 0.4) is 0 Å². The SMILES string of the molecule is CCNC(=NCC1(CCOC)CCC1)N(C)Cc1cc(Cl)cn1C.I. The van der Waals surface area contributed by atoms with Crippen molar-refractivity contribution in [3.8, 4) is 0 Å². The lowest BCUT2D eigenvalue weighted by atomic mass is 9.67. The second-order valence-electron chi connectivity index (χ2n) is 6.88. The summed E-state index contributed by atoms with van der Waals surface area (Å²) in [5, 5.41) is 4.18. The number of aliphatic imine (C=N–C) groups is 1. The van der Waals surface area contributed by atoms with Crippen molar-refractivity contribution in [2.45, 2.75) is 39.2 Å². The van der Waals surface area contributed by atoms with Crippen LogP contribution in [-0.2, 0) is 18.3 Å². The molecule has 0 aliphatic heterocycles. The van der Waals surface area contributed by atoms with Crippen LogP contribution in [0.25, 0.3) is 0 Å². The van der Waals surface area contributed by atoms with Crippen LogP contribution >= 0.6 is 35.6 Å². The van der Waals surface area contributed by atoms with Crippen LogP contribution in [0.1, 0.15) is 38.3 Å². The summed E-state index contributed by atoms with van der Waals surface area (Å²) in [5.74, 6) is 0.957. The van der Waals surface area contributed by atoms with E-state index in [0.29, 0.717) is 5.41 Å². The van der Waals surface area contributed by atoms with Gasteiger partial charge in [0.25, 0.3) is 0 Å². The number of aryl methyl sites for hydroxylation is 1. The largest absolute Gasteiger partial charge is 0.385 e. The standard InChI is InChI=1S/C18H31ClN4O.HI/c1-5-20-17(21-14-18(7-6-8-18)9-10-24-4)23(3)13-16-11-15(19)12-22(16)2;/h11-12H,5-10,13-14H2,1-4H3,(H,20,21);1H. The van der Waals surface area contributed by atoms with Crippen LogP contribution in [0, 0.1) is 5.41 Å². The predicted molar refractivity (Wildman–Crippen MR) is 116 cm³/mol. The highest BCUT2D eigenvalue weighted by Gasteiger charge is 2.36. The average molecular weight is 483 g/mol. The molecule has 0 aromatic carbocycles. The molecule has 0 bridgehead atoms. The molecule has 0 spiro atoms. The molecule has 1 aliphatic rings. The second kappa shape index (κ2) is 10.6. The molecule has 1 fully saturated rings. The lowest BCUT2D eigenvalue weighted by Crippen LogP contribution is -2.41. The Morgan fingerprint density at radius 1 is 1.48 bits per heavy atom. The van der Waals surface area contributed by atoms with Crippen LogP contribution in [0.2, 0.25) is 5.02 Å². The molecule has 25 heavy (non-hydrogen) atoms. The van der Waals surface area contributed by atoms with Gasteiger partial charge in [0, 0.05) is 52.8 Å². The van der Waals surface area contributed by atoms with Gasteiger partial charge < -0.3 is 19.5 Å². The normalized spacial score (nSPS) is 16.1. The Hall–Kier alpha value is -0.470. The molecule has 1 heterocycles. The summed E-state index contributed by atoms with van der Waals surface area (Å²) in [4.78, 5) is 7.09. The number of nitrogens with zero attached hydrogens (tertiary/aromatic N) is 3. The maximum Gasteiger partial charge on any atom is 0.194 e. The minimum absolute atomic E-state index is 0. The number of methoxy groups -OCH3 is 1. The predicted octanol–water partition coefficient (Wildman–Crippen LogP) is 3.90. The second-order valence-corrected chi connectivity index (χ2v) is 7.32. The van der Waals surface area contributed by atoms with Crippen LogP contribution in [0.5, 0.6) is 0 Å². The summed E-state index contributed by atoms with van der Waals surface area (Å²) < 4.78 is 7.34. The van der Waals surface area contributed by atoms with E-state index in [9.17, 15) is 0 Å². The summed E-state index contributed by atoms with van der Waals surface area (Å²) in [6.07, 6.45) is 6.87. The fraction of sp³-hybridized carbons (Fsp3) is 0.722. The molecule has 0 atom stereocenters. The van der Waals surface area contributed by atoms with Crippen molar-refractivity contribution in [1.82, 2.24) is 14.8 Å². The highest BCUT2D eigenvalue weighted by atomic mass is 127. The van der Waals surface area contributed by atoms with E-state index in [1.165, 1.54) is 25.0 Å². The molecule has 0 radical (unpaired) electrons. The van der Waals surface area contributed by atoms with E-state index in [1.807, 2.05) is 19.3 Å². The maximum atomic E-state index is 6.09. The number of aromatic nitrogens is 1. The summed E-state index contributed by atoms with van der Waals surface area (Å²) in [6, 6.07) is 2.01. The molecule has 0 amide bonds. The number of rotatable bonds is 8. The number of hydrogen-bond acceptors (Lipinski definition) is 2. The maximum absolute atomic E-state index is 6.09. The van der Waals surface area contributed by atoms with Gasteiger partial charge in [-0.25, -0.2) is 0 Å². The Kier molecular flexibility index (Phi) is 9.59. The lowest BCUT2D eigenvalue weighted by molar-refractivity contribution is 0.0776. The molecule has 144 valence electrons.